The number of hydrogen-bond donors (Lipinski definition) is 0. The van der Waals surface area contributed by atoms with Crippen molar-refractivity contribution in [3.05, 3.63) is 89.5 Å². The van der Waals surface area contributed by atoms with Gasteiger partial charge in [-0.05, 0) is 86.1 Å². The van der Waals surface area contributed by atoms with Crippen LogP contribution in [-0.4, -0.2) is 55.9 Å². The number of esters is 3. The van der Waals surface area contributed by atoms with E-state index in [9.17, 15) is 36.3 Å². The van der Waals surface area contributed by atoms with E-state index < -0.39 is 49.3 Å². The third-order valence-electron chi connectivity index (χ3n) is 7.57. The van der Waals surface area contributed by atoms with Crippen LogP contribution in [0.15, 0.2) is 72.8 Å². The van der Waals surface area contributed by atoms with Crippen LogP contribution in [0.2, 0.25) is 0 Å². The highest BCUT2D eigenvalue weighted by Gasteiger charge is 2.57. The summed E-state index contributed by atoms with van der Waals surface area (Å²) in [6, 6.07) is 17.5. The fourth-order valence-electron chi connectivity index (χ4n) is 4.66. The predicted octanol–water partition coefficient (Wildman–Crippen LogP) is 9.79. The van der Waals surface area contributed by atoms with Gasteiger partial charge in [-0.2, -0.15) is 22.0 Å². The van der Waals surface area contributed by atoms with Crippen LogP contribution >= 0.6 is 0 Å². The molecule has 0 bridgehead atoms. The van der Waals surface area contributed by atoms with Crippen molar-refractivity contribution >= 4 is 17.9 Å². The van der Waals surface area contributed by atoms with Gasteiger partial charge in [0.15, 0.2) is 0 Å². The maximum Gasteiger partial charge on any atom is 0.455 e. The van der Waals surface area contributed by atoms with E-state index in [1.165, 1.54) is 100 Å². The Morgan fingerprint density at radius 1 is 0.588 bits per heavy atom. The van der Waals surface area contributed by atoms with Gasteiger partial charge in [0.05, 0.1) is 29.9 Å². The van der Waals surface area contributed by atoms with Crippen LogP contribution in [0.3, 0.4) is 0 Å². The molecule has 0 heterocycles. The van der Waals surface area contributed by atoms with Crippen LogP contribution in [0.25, 0.3) is 0 Å². The van der Waals surface area contributed by atoms with Gasteiger partial charge < -0.3 is 23.7 Å². The van der Waals surface area contributed by atoms with Crippen molar-refractivity contribution in [3.63, 3.8) is 0 Å². The molecule has 3 rings (SSSR count). The zero-order chi connectivity index (χ0) is 37.3. The fraction of sp³-hybridized carbons (Fsp3) is 0.447. The minimum absolute atomic E-state index is 0.00434. The number of hydrogen-bond acceptors (Lipinski definition) is 8. The van der Waals surface area contributed by atoms with Crippen LogP contribution in [0, 0.1) is 0 Å². The summed E-state index contributed by atoms with van der Waals surface area (Å²) in [4.78, 5) is 37.5. The van der Waals surface area contributed by atoms with Gasteiger partial charge in [-0.15, -0.1) is 0 Å². The molecule has 0 aliphatic heterocycles. The van der Waals surface area contributed by atoms with Crippen molar-refractivity contribution in [2.75, 3.05) is 19.8 Å². The molecule has 0 aromatic heterocycles. The Morgan fingerprint density at radius 3 is 1.45 bits per heavy atom. The molecule has 0 aliphatic carbocycles. The molecule has 1 atom stereocenters. The Labute approximate surface area is 294 Å². The molecular weight excluding hydrogens is 679 g/mol. The summed E-state index contributed by atoms with van der Waals surface area (Å²) in [6.07, 6.45) is 4.17. The maximum absolute atomic E-state index is 12.9. The van der Waals surface area contributed by atoms with Gasteiger partial charge in [-0.25, -0.2) is 14.4 Å². The number of unbranched alkanes of at least 4 members (excludes halogenated alkanes) is 8. The van der Waals surface area contributed by atoms with Gasteiger partial charge in [-0.1, -0.05) is 58.3 Å². The van der Waals surface area contributed by atoms with Gasteiger partial charge in [0.25, 0.3) is 0 Å². The van der Waals surface area contributed by atoms with Gasteiger partial charge in [-0.3, -0.25) is 0 Å². The molecule has 0 radical (unpaired) electrons. The zero-order valence-electron chi connectivity index (χ0n) is 28.6. The first kappa shape index (κ1) is 40.9. The molecule has 0 N–H and O–H groups in total. The van der Waals surface area contributed by atoms with E-state index in [-0.39, 0.29) is 22.6 Å². The summed E-state index contributed by atoms with van der Waals surface area (Å²) < 4.78 is 88.4. The first-order valence-corrected chi connectivity index (χ1v) is 16.9. The van der Waals surface area contributed by atoms with E-state index in [4.69, 9.17) is 18.9 Å². The number of carbonyl (C=O) groups excluding carboxylic acids is 3. The molecule has 278 valence electrons. The van der Waals surface area contributed by atoms with Crippen molar-refractivity contribution in [2.45, 2.75) is 89.8 Å². The molecule has 0 saturated carbocycles. The monoisotopic (exact) mass is 722 g/mol. The minimum Gasteiger partial charge on any atom is -0.494 e. The summed E-state index contributed by atoms with van der Waals surface area (Å²) in [6.45, 7) is 1.50. The molecular formula is C38H43F5O8. The quantitative estimate of drug-likeness (QED) is 0.0464. The average molecular weight is 723 g/mol. The maximum atomic E-state index is 12.9. The van der Waals surface area contributed by atoms with Gasteiger partial charge in [0, 0.05) is 0 Å². The van der Waals surface area contributed by atoms with E-state index in [0.717, 1.165) is 12.8 Å². The molecule has 0 spiro atoms. The molecule has 0 unspecified atom stereocenters. The highest BCUT2D eigenvalue weighted by Crippen LogP contribution is 2.35. The zero-order valence-corrected chi connectivity index (χ0v) is 28.6. The molecule has 0 saturated heterocycles. The lowest BCUT2D eigenvalue weighted by Crippen LogP contribution is -2.41. The first-order chi connectivity index (χ1) is 24.3. The summed E-state index contributed by atoms with van der Waals surface area (Å²) in [5.41, 5.74) is 0.482. The van der Waals surface area contributed by atoms with Gasteiger partial charge in [0.2, 0.25) is 0 Å². The number of halogens is 5. The smallest absolute Gasteiger partial charge is 0.455 e. The van der Waals surface area contributed by atoms with E-state index in [2.05, 4.69) is 11.7 Å². The second-order valence-corrected chi connectivity index (χ2v) is 12.0. The van der Waals surface area contributed by atoms with E-state index in [1.807, 2.05) is 0 Å². The van der Waals surface area contributed by atoms with E-state index >= 15 is 0 Å². The van der Waals surface area contributed by atoms with Crippen molar-refractivity contribution < 1.29 is 60.0 Å². The Kier molecular flexibility index (Phi) is 16.3. The Balaban J connectivity index is 1.38. The number of carbonyl (C=O) groups is 3. The van der Waals surface area contributed by atoms with Gasteiger partial charge >= 0.3 is 30.0 Å². The van der Waals surface area contributed by atoms with Crippen LogP contribution in [0.1, 0.15) is 103 Å². The number of ether oxygens (including phenoxy) is 5. The summed E-state index contributed by atoms with van der Waals surface area (Å²) in [5.74, 6) is -6.29. The van der Waals surface area contributed by atoms with Crippen LogP contribution in [0.5, 0.6) is 17.2 Å². The number of alkyl halides is 5. The van der Waals surface area contributed by atoms with Gasteiger partial charge in [0.1, 0.15) is 30.0 Å². The summed E-state index contributed by atoms with van der Waals surface area (Å²) >= 11 is 0. The molecule has 13 heteroatoms. The largest absolute Gasteiger partial charge is 0.494 e. The van der Waals surface area contributed by atoms with Crippen molar-refractivity contribution in [3.8, 4) is 17.2 Å². The van der Waals surface area contributed by atoms with Crippen molar-refractivity contribution in [2.24, 2.45) is 0 Å². The predicted molar refractivity (Wildman–Crippen MR) is 179 cm³/mol. The number of benzene rings is 3. The Hall–Kier alpha value is -4.52. The summed E-state index contributed by atoms with van der Waals surface area (Å²) in [7, 11) is 0. The molecule has 0 fully saturated rings. The average Bonchev–Trinajstić information content (AvgIpc) is 3.09. The molecule has 3 aromatic carbocycles. The van der Waals surface area contributed by atoms with Crippen molar-refractivity contribution in [1.29, 1.82) is 0 Å². The Morgan fingerprint density at radius 2 is 1.00 bits per heavy atom. The van der Waals surface area contributed by atoms with Crippen LogP contribution in [-0.2, 0) is 9.47 Å². The molecule has 0 aliphatic rings. The Bertz CT molecular complexity index is 1510. The van der Waals surface area contributed by atoms with Crippen molar-refractivity contribution in [1.82, 2.24) is 0 Å². The third kappa shape index (κ3) is 14.3. The topological polar surface area (TPSA) is 97.4 Å². The highest BCUT2D eigenvalue weighted by molar-refractivity contribution is 5.93. The van der Waals surface area contributed by atoms with Crippen LogP contribution < -0.4 is 14.2 Å². The fourth-order valence-corrected chi connectivity index (χ4v) is 4.66. The lowest BCUT2D eigenvalue weighted by molar-refractivity contribution is -0.297. The highest BCUT2D eigenvalue weighted by atomic mass is 19.4. The molecule has 3 aromatic rings. The second kappa shape index (κ2) is 20.4. The standard InChI is InChI=1S/C38H43F5O8/c1-3-4-5-6-7-8-9-10-11-24-48-31-18-12-29(13-19-31)35(45)50-33-22-16-30(17-23-33)36(46)51-32-20-14-28(15-21-32)34(44)49-27(2)25-47-26-37(39,40)38(41,42)43/h12-23,27H,3-11,24-26H2,1-2H3/t27-/m1/s1. The normalized spacial score (nSPS) is 12.2. The first-order valence-electron chi connectivity index (χ1n) is 16.9. The molecule has 0 amide bonds. The SMILES string of the molecule is CCCCCCCCCCCOc1ccc(C(=O)Oc2ccc(C(=O)Oc3ccc(C(=O)O[C@H](C)COCC(F)(F)C(F)(F)F)cc3)cc2)cc1. The molecule has 8 nitrogen and oxygen atoms in total. The lowest BCUT2D eigenvalue weighted by Gasteiger charge is -2.20. The minimum atomic E-state index is -5.76. The van der Waals surface area contributed by atoms with E-state index in [0.29, 0.717) is 17.9 Å². The molecule has 51 heavy (non-hydrogen) atoms. The summed E-state index contributed by atoms with van der Waals surface area (Å²) in [5, 5.41) is 0. The van der Waals surface area contributed by atoms with E-state index in [1.54, 1.807) is 24.3 Å². The number of rotatable bonds is 21. The second-order valence-electron chi connectivity index (χ2n) is 12.0. The third-order valence-corrected chi connectivity index (χ3v) is 7.57. The lowest BCUT2D eigenvalue weighted by atomic mass is 10.1. The van der Waals surface area contributed by atoms with Crippen LogP contribution in [0.4, 0.5) is 22.0 Å².